The maximum atomic E-state index is 11.8. The van der Waals surface area contributed by atoms with E-state index in [0.717, 1.165) is 6.42 Å². The molecule has 1 saturated carbocycles. The van der Waals surface area contributed by atoms with E-state index in [0.29, 0.717) is 30.9 Å². The van der Waals surface area contributed by atoms with Gasteiger partial charge in [-0.1, -0.05) is 13.8 Å². The summed E-state index contributed by atoms with van der Waals surface area (Å²) in [7, 11) is 1.59. The van der Waals surface area contributed by atoms with E-state index >= 15 is 0 Å². The minimum absolute atomic E-state index is 0.106. The maximum Gasteiger partial charge on any atom is 0.162 e. The minimum Gasteiger partial charge on any atom is -0.512 e. The minimum atomic E-state index is 0.106. The van der Waals surface area contributed by atoms with Gasteiger partial charge in [0.2, 0.25) is 0 Å². The lowest BCUT2D eigenvalue weighted by atomic mass is 9.78. The Labute approximate surface area is 91.1 Å². The number of rotatable bonds is 3. The van der Waals surface area contributed by atoms with Crippen LogP contribution < -0.4 is 0 Å². The molecule has 1 aliphatic carbocycles. The number of allylic oxidation sites excluding steroid dienone is 1. The monoisotopic (exact) mass is 212 g/mol. The fourth-order valence-corrected chi connectivity index (χ4v) is 2.28. The number of hydrogen-bond acceptors (Lipinski definition) is 3. The molecule has 3 nitrogen and oxygen atoms in total. The lowest BCUT2D eigenvalue weighted by Crippen LogP contribution is -2.24. The summed E-state index contributed by atoms with van der Waals surface area (Å²) in [5.74, 6) is 0.945. The van der Waals surface area contributed by atoms with Crippen LogP contribution in [0.4, 0.5) is 0 Å². The highest BCUT2D eigenvalue weighted by molar-refractivity contribution is 5.97. The zero-order valence-corrected chi connectivity index (χ0v) is 9.75. The molecule has 2 atom stereocenters. The van der Waals surface area contributed by atoms with Gasteiger partial charge < -0.3 is 9.84 Å². The molecule has 0 aromatic heterocycles. The van der Waals surface area contributed by atoms with Crippen molar-refractivity contribution in [1.29, 1.82) is 0 Å². The number of carbonyl (C=O) groups is 1. The molecule has 0 aromatic rings. The molecule has 0 spiro atoms. The quantitative estimate of drug-likeness (QED) is 0.577. The van der Waals surface area contributed by atoms with Gasteiger partial charge in [-0.25, -0.2) is 0 Å². The molecule has 0 heterocycles. The Balaban J connectivity index is 2.77. The summed E-state index contributed by atoms with van der Waals surface area (Å²) >= 11 is 0. The second-order valence-corrected chi connectivity index (χ2v) is 4.47. The molecule has 3 heteroatoms. The van der Waals surface area contributed by atoms with Gasteiger partial charge >= 0.3 is 0 Å². The smallest absolute Gasteiger partial charge is 0.162 e. The predicted molar refractivity (Wildman–Crippen MR) is 58.7 cm³/mol. The SMILES string of the molecule is COCCC(O)=C1C(=O)CC(C)CC1C. The highest BCUT2D eigenvalue weighted by Gasteiger charge is 2.29. The molecule has 1 fully saturated rings. The van der Waals surface area contributed by atoms with Crippen LogP contribution in [0, 0.1) is 11.8 Å². The molecule has 0 saturated heterocycles. The Morgan fingerprint density at radius 3 is 2.73 bits per heavy atom. The van der Waals surface area contributed by atoms with Gasteiger partial charge in [0, 0.05) is 25.5 Å². The molecule has 1 rings (SSSR count). The third-order valence-corrected chi connectivity index (χ3v) is 2.94. The molecule has 1 N–H and O–H groups in total. The van der Waals surface area contributed by atoms with Gasteiger partial charge in [-0.15, -0.1) is 0 Å². The van der Waals surface area contributed by atoms with Gasteiger partial charge in [0.1, 0.15) is 5.76 Å². The zero-order chi connectivity index (χ0) is 11.4. The van der Waals surface area contributed by atoms with Crippen LogP contribution in [-0.4, -0.2) is 24.6 Å². The second-order valence-electron chi connectivity index (χ2n) is 4.47. The molecule has 0 aromatic carbocycles. The van der Waals surface area contributed by atoms with Crippen LogP contribution in [0.3, 0.4) is 0 Å². The Bertz CT molecular complexity index is 268. The van der Waals surface area contributed by atoms with Crippen molar-refractivity contribution >= 4 is 5.78 Å². The summed E-state index contributed by atoms with van der Waals surface area (Å²) < 4.78 is 4.89. The van der Waals surface area contributed by atoms with Crippen LogP contribution >= 0.6 is 0 Å². The Kier molecular flexibility index (Phi) is 4.33. The molecule has 1 aliphatic rings. The highest BCUT2D eigenvalue weighted by Crippen LogP contribution is 2.32. The van der Waals surface area contributed by atoms with Crippen LogP contribution in [0.2, 0.25) is 0 Å². The van der Waals surface area contributed by atoms with Gasteiger partial charge in [-0.05, 0) is 18.3 Å². The van der Waals surface area contributed by atoms with Crippen LogP contribution in [0.25, 0.3) is 0 Å². The van der Waals surface area contributed by atoms with Crippen LogP contribution in [0.5, 0.6) is 0 Å². The van der Waals surface area contributed by atoms with E-state index in [1.807, 2.05) is 6.92 Å². The number of hydrogen-bond donors (Lipinski definition) is 1. The van der Waals surface area contributed by atoms with Gasteiger partial charge in [0.25, 0.3) is 0 Å². The van der Waals surface area contributed by atoms with Crippen molar-refractivity contribution < 1.29 is 14.6 Å². The molecular weight excluding hydrogens is 192 g/mol. The highest BCUT2D eigenvalue weighted by atomic mass is 16.5. The lowest BCUT2D eigenvalue weighted by Gasteiger charge is -2.26. The zero-order valence-electron chi connectivity index (χ0n) is 9.75. The number of ether oxygens (including phenoxy) is 1. The molecule has 15 heavy (non-hydrogen) atoms. The van der Waals surface area contributed by atoms with Crippen molar-refractivity contribution in [2.75, 3.05) is 13.7 Å². The van der Waals surface area contributed by atoms with E-state index in [4.69, 9.17) is 4.74 Å². The Morgan fingerprint density at radius 1 is 1.53 bits per heavy atom. The number of Topliss-reactive ketones (excluding diaryl/α,β-unsaturated/α-hetero) is 1. The number of aliphatic hydroxyl groups excluding tert-OH is 1. The molecule has 0 aliphatic heterocycles. The van der Waals surface area contributed by atoms with E-state index < -0.39 is 0 Å². The third kappa shape index (κ3) is 3.06. The van der Waals surface area contributed by atoms with Crippen molar-refractivity contribution in [1.82, 2.24) is 0 Å². The number of ketones is 1. The average Bonchev–Trinajstić information content (AvgIpc) is 2.12. The van der Waals surface area contributed by atoms with Gasteiger partial charge in [0.15, 0.2) is 5.78 Å². The number of methoxy groups -OCH3 is 1. The van der Waals surface area contributed by atoms with E-state index in [2.05, 4.69) is 6.92 Å². The molecule has 86 valence electrons. The molecule has 0 bridgehead atoms. The van der Waals surface area contributed by atoms with Crippen LogP contribution in [-0.2, 0) is 9.53 Å². The van der Waals surface area contributed by atoms with Gasteiger partial charge in [-0.3, -0.25) is 4.79 Å². The fraction of sp³-hybridized carbons (Fsp3) is 0.750. The third-order valence-electron chi connectivity index (χ3n) is 2.94. The van der Waals surface area contributed by atoms with Crippen molar-refractivity contribution in [3.8, 4) is 0 Å². The van der Waals surface area contributed by atoms with Crippen LogP contribution in [0.1, 0.15) is 33.1 Å². The second kappa shape index (κ2) is 5.31. The maximum absolute atomic E-state index is 11.8. The van der Waals surface area contributed by atoms with E-state index in [1.165, 1.54) is 0 Å². The Morgan fingerprint density at radius 2 is 2.20 bits per heavy atom. The van der Waals surface area contributed by atoms with E-state index in [1.54, 1.807) is 7.11 Å². The summed E-state index contributed by atoms with van der Waals surface area (Å²) in [5, 5.41) is 9.81. The van der Waals surface area contributed by atoms with Crippen molar-refractivity contribution in [2.24, 2.45) is 11.8 Å². The first-order valence-corrected chi connectivity index (χ1v) is 5.50. The lowest BCUT2D eigenvalue weighted by molar-refractivity contribution is -0.118. The van der Waals surface area contributed by atoms with E-state index in [-0.39, 0.29) is 17.5 Å². The number of carbonyl (C=O) groups excluding carboxylic acids is 1. The standard InChI is InChI=1S/C12H20O3/c1-8-6-9(2)12(11(14)7-8)10(13)4-5-15-3/h8-9,13H,4-7H2,1-3H3. The van der Waals surface area contributed by atoms with Gasteiger partial charge in [-0.2, -0.15) is 0 Å². The first kappa shape index (κ1) is 12.2. The Hall–Kier alpha value is -0.830. The van der Waals surface area contributed by atoms with Crippen LogP contribution in [0.15, 0.2) is 11.3 Å². The summed E-state index contributed by atoms with van der Waals surface area (Å²) in [6.07, 6.45) is 1.99. The fourth-order valence-electron chi connectivity index (χ4n) is 2.28. The summed E-state index contributed by atoms with van der Waals surface area (Å²) in [6, 6.07) is 0. The molecule has 0 radical (unpaired) electrons. The van der Waals surface area contributed by atoms with Crippen molar-refractivity contribution in [3.63, 3.8) is 0 Å². The normalized spacial score (nSPS) is 30.5. The first-order valence-electron chi connectivity index (χ1n) is 5.50. The molecular formula is C12H20O3. The van der Waals surface area contributed by atoms with E-state index in [9.17, 15) is 9.90 Å². The largest absolute Gasteiger partial charge is 0.512 e. The topological polar surface area (TPSA) is 46.5 Å². The summed E-state index contributed by atoms with van der Waals surface area (Å²) in [4.78, 5) is 11.8. The summed E-state index contributed by atoms with van der Waals surface area (Å²) in [6.45, 7) is 4.55. The molecule has 2 unspecified atom stereocenters. The number of aliphatic hydroxyl groups is 1. The molecule has 0 amide bonds. The van der Waals surface area contributed by atoms with Crippen molar-refractivity contribution in [2.45, 2.75) is 33.1 Å². The summed E-state index contributed by atoms with van der Waals surface area (Å²) in [5.41, 5.74) is 0.630. The first-order chi connectivity index (χ1) is 7.06. The van der Waals surface area contributed by atoms with Crippen molar-refractivity contribution in [3.05, 3.63) is 11.3 Å². The predicted octanol–water partition coefficient (Wildman–Crippen LogP) is 2.47. The average molecular weight is 212 g/mol. The van der Waals surface area contributed by atoms with Gasteiger partial charge in [0.05, 0.1) is 6.61 Å².